The van der Waals surface area contributed by atoms with E-state index in [1.165, 1.54) is 29.7 Å². The van der Waals surface area contributed by atoms with Crippen molar-refractivity contribution in [2.45, 2.75) is 33.1 Å². The van der Waals surface area contributed by atoms with E-state index in [2.05, 4.69) is 29.4 Å². The summed E-state index contributed by atoms with van der Waals surface area (Å²) in [4.78, 5) is 16.6. The molecule has 1 amide bonds. The number of nitrogens with one attached hydrogen (secondary N) is 1. The van der Waals surface area contributed by atoms with Crippen LogP contribution in [0.5, 0.6) is 5.75 Å². The Hall–Kier alpha value is -2.11. The van der Waals surface area contributed by atoms with Gasteiger partial charge < -0.3 is 4.74 Å². The van der Waals surface area contributed by atoms with Gasteiger partial charge in [-0.1, -0.05) is 42.3 Å². The molecule has 0 fully saturated rings. The number of benzene rings is 2. The maximum atomic E-state index is 12.2. The van der Waals surface area contributed by atoms with E-state index in [1.54, 1.807) is 18.2 Å². The van der Waals surface area contributed by atoms with Crippen molar-refractivity contribution in [3.05, 3.63) is 52.5 Å². The molecule has 1 heterocycles. The van der Waals surface area contributed by atoms with Crippen molar-refractivity contribution in [3.63, 3.8) is 0 Å². The lowest BCUT2D eigenvalue weighted by Crippen LogP contribution is -2.20. The fraction of sp³-hybridized carbons (Fsp3) is 0.300. The first-order chi connectivity index (χ1) is 12.5. The summed E-state index contributed by atoms with van der Waals surface area (Å²) in [6.45, 7) is 4.01. The predicted octanol–water partition coefficient (Wildman–Crippen LogP) is 5.62. The van der Waals surface area contributed by atoms with E-state index in [-0.39, 0.29) is 12.5 Å². The second-order valence-corrected chi connectivity index (χ2v) is 7.64. The third kappa shape index (κ3) is 4.74. The molecule has 3 rings (SSSR count). The van der Waals surface area contributed by atoms with Crippen molar-refractivity contribution in [2.24, 2.45) is 0 Å². The second kappa shape index (κ2) is 8.52. The highest BCUT2D eigenvalue weighted by atomic mass is 35.5. The van der Waals surface area contributed by atoms with Crippen LogP contribution in [-0.2, 0) is 11.2 Å². The molecule has 2 aromatic carbocycles. The van der Waals surface area contributed by atoms with E-state index < -0.39 is 0 Å². The van der Waals surface area contributed by atoms with E-state index in [0.717, 1.165) is 22.2 Å². The third-order valence-electron chi connectivity index (χ3n) is 4.01. The SMILES string of the molecule is CCCCc1ccc2nc(NC(=O)COc3ccc(Cl)cc3C)sc2c1. The first kappa shape index (κ1) is 18.7. The quantitative estimate of drug-likeness (QED) is 0.571. The zero-order valence-electron chi connectivity index (χ0n) is 14.8. The van der Waals surface area contributed by atoms with Gasteiger partial charge in [0.1, 0.15) is 5.75 Å². The highest BCUT2D eigenvalue weighted by molar-refractivity contribution is 7.22. The first-order valence-electron chi connectivity index (χ1n) is 8.63. The summed E-state index contributed by atoms with van der Waals surface area (Å²) >= 11 is 7.41. The van der Waals surface area contributed by atoms with Gasteiger partial charge in [-0.2, -0.15) is 0 Å². The van der Waals surface area contributed by atoms with Crippen LogP contribution < -0.4 is 10.1 Å². The molecule has 26 heavy (non-hydrogen) atoms. The molecule has 136 valence electrons. The Labute approximate surface area is 162 Å². The Morgan fingerprint density at radius 2 is 2.12 bits per heavy atom. The molecule has 1 N–H and O–H groups in total. The van der Waals surface area contributed by atoms with E-state index in [0.29, 0.717) is 15.9 Å². The molecular weight excluding hydrogens is 368 g/mol. The molecule has 0 saturated carbocycles. The molecule has 6 heteroatoms. The fourth-order valence-electron chi connectivity index (χ4n) is 2.63. The zero-order chi connectivity index (χ0) is 18.5. The van der Waals surface area contributed by atoms with Crippen LogP contribution in [0.1, 0.15) is 30.9 Å². The number of halogens is 1. The summed E-state index contributed by atoms with van der Waals surface area (Å²) in [5, 5.41) is 4.05. The van der Waals surface area contributed by atoms with E-state index in [4.69, 9.17) is 16.3 Å². The summed E-state index contributed by atoms with van der Waals surface area (Å²) in [6, 6.07) is 11.6. The van der Waals surface area contributed by atoms with Crippen molar-refractivity contribution < 1.29 is 9.53 Å². The summed E-state index contributed by atoms with van der Waals surface area (Å²) in [5.41, 5.74) is 3.10. The number of carbonyl (C=O) groups is 1. The third-order valence-corrected chi connectivity index (χ3v) is 5.18. The number of hydrogen-bond donors (Lipinski definition) is 1. The van der Waals surface area contributed by atoms with Gasteiger partial charge >= 0.3 is 0 Å². The van der Waals surface area contributed by atoms with Gasteiger partial charge in [0.2, 0.25) is 0 Å². The first-order valence-corrected chi connectivity index (χ1v) is 9.83. The number of thiazole rings is 1. The molecule has 0 atom stereocenters. The van der Waals surface area contributed by atoms with Gasteiger partial charge in [0.05, 0.1) is 10.2 Å². The molecule has 4 nitrogen and oxygen atoms in total. The summed E-state index contributed by atoms with van der Waals surface area (Å²) < 4.78 is 6.66. The predicted molar refractivity (Wildman–Crippen MR) is 109 cm³/mol. The summed E-state index contributed by atoms with van der Waals surface area (Å²) in [6.07, 6.45) is 3.42. The van der Waals surface area contributed by atoms with Gasteiger partial charge in [-0.15, -0.1) is 0 Å². The van der Waals surface area contributed by atoms with Gasteiger partial charge in [0.25, 0.3) is 5.91 Å². The number of rotatable bonds is 7. The number of fused-ring (bicyclic) bond motifs is 1. The Balaban J connectivity index is 1.61. The normalized spacial score (nSPS) is 10.9. The average Bonchev–Trinajstić information content (AvgIpc) is 3.00. The van der Waals surface area contributed by atoms with Crippen molar-refractivity contribution in [3.8, 4) is 5.75 Å². The van der Waals surface area contributed by atoms with Crippen LogP contribution >= 0.6 is 22.9 Å². The van der Waals surface area contributed by atoms with Crippen LogP contribution in [0.3, 0.4) is 0 Å². The maximum Gasteiger partial charge on any atom is 0.264 e. The molecule has 0 bridgehead atoms. The van der Waals surface area contributed by atoms with Crippen molar-refractivity contribution in [1.29, 1.82) is 0 Å². The molecule has 0 unspecified atom stereocenters. The zero-order valence-corrected chi connectivity index (χ0v) is 16.4. The lowest BCUT2D eigenvalue weighted by molar-refractivity contribution is -0.118. The lowest BCUT2D eigenvalue weighted by atomic mass is 10.1. The number of aryl methyl sites for hydroxylation is 2. The second-order valence-electron chi connectivity index (χ2n) is 6.17. The summed E-state index contributed by atoms with van der Waals surface area (Å²) in [5.74, 6) is 0.416. The largest absolute Gasteiger partial charge is 0.483 e. The Morgan fingerprint density at radius 1 is 1.27 bits per heavy atom. The minimum absolute atomic E-state index is 0.0693. The number of nitrogens with zero attached hydrogens (tertiary/aromatic N) is 1. The summed E-state index contributed by atoms with van der Waals surface area (Å²) in [7, 11) is 0. The molecule has 0 radical (unpaired) electrons. The molecular formula is C20H21ClN2O2S. The average molecular weight is 389 g/mol. The number of anilines is 1. The van der Waals surface area contributed by atoms with Gasteiger partial charge in [-0.05, 0) is 61.2 Å². The Kier molecular flexibility index (Phi) is 6.12. The van der Waals surface area contributed by atoms with Crippen LogP contribution in [0.15, 0.2) is 36.4 Å². The molecule has 0 aliphatic carbocycles. The smallest absolute Gasteiger partial charge is 0.264 e. The lowest BCUT2D eigenvalue weighted by Gasteiger charge is -2.08. The maximum absolute atomic E-state index is 12.2. The highest BCUT2D eigenvalue weighted by Crippen LogP contribution is 2.27. The van der Waals surface area contributed by atoms with Gasteiger partial charge in [0.15, 0.2) is 11.7 Å². The number of carbonyl (C=O) groups excluding carboxylic acids is 1. The molecule has 0 saturated heterocycles. The van der Waals surface area contributed by atoms with Gasteiger partial charge in [0, 0.05) is 5.02 Å². The molecule has 0 spiro atoms. The van der Waals surface area contributed by atoms with E-state index in [9.17, 15) is 4.79 Å². The van der Waals surface area contributed by atoms with E-state index in [1.807, 2.05) is 13.0 Å². The monoisotopic (exact) mass is 388 g/mol. The van der Waals surface area contributed by atoms with Crippen molar-refractivity contribution in [1.82, 2.24) is 4.98 Å². The Morgan fingerprint density at radius 3 is 2.88 bits per heavy atom. The number of amides is 1. The fourth-order valence-corrected chi connectivity index (χ4v) is 3.80. The van der Waals surface area contributed by atoms with Crippen LogP contribution in [0, 0.1) is 6.92 Å². The topological polar surface area (TPSA) is 51.2 Å². The number of hydrogen-bond acceptors (Lipinski definition) is 4. The number of aromatic nitrogens is 1. The van der Waals surface area contributed by atoms with Gasteiger partial charge in [-0.3, -0.25) is 10.1 Å². The number of ether oxygens (including phenoxy) is 1. The van der Waals surface area contributed by atoms with Crippen LogP contribution in [0.25, 0.3) is 10.2 Å². The van der Waals surface area contributed by atoms with Crippen LogP contribution in [0.2, 0.25) is 5.02 Å². The van der Waals surface area contributed by atoms with Gasteiger partial charge in [-0.25, -0.2) is 4.98 Å². The molecule has 0 aliphatic heterocycles. The van der Waals surface area contributed by atoms with Crippen molar-refractivity contribution >= 4 is 44.2 Å². The standard InChI is InChI=1S/C20H21ClN2O2S/c1-3-4-5-14-6-8-16-18(11-14)26-20(22-16)23-19(24)12-25-17-9-7-15(21)10-13(17)2/h6-11H,3-5,12H2,1-2H3,(H,22,23,24). The molecule has 1 aromatic heterocycles. The van der Waals surface area contributed by atoms with Crippen molar-refractivity contribution in [2.75, 3.05) is 11.9 Å². The molecule has 0 aliphatic rings. The minimum Gasteiger partial charge on any atom is -0.483 e. The Bertz CT molecular complexity index is 923. The molecule has 3 aromatic rings. The number of unbranched alkanes of at least 4 members (excludes halogenated alkanes) is 1. The minimum atomic E-state index is -0.232. The van der Waals surface area contributed by atoms with Crippen LogP contribution in [-0.4, -0.2) is 17.5 Å². The van der Waals surface area contributed by atoms with Crippen LogP contribution in [0.4, 0.5) is 5.13 Å². The van der Waals surface area contributed by atoms with E-state index >= 15 is 0 Å². The highest BCUT2D eigenvalue weighted by Gasteiger charge is 2.10.